The highest BCUT2D eigenvalue weighted by atomic mass is 16.4. The Kier molecular flexibility index (Phi) is 5.85. The number of carboxylic acids is 1. The van der Waals surface area contributed by atoms with Gasteiger partial charge in [0.05, 0.1) is 12.6 Å². The summed E-state index contributed by atoms with van der Waals surface area (Å²) in [6, 6.07) is -1.09. The molecule has 21 heavy (non-hydrogen) atoms. The van der Waals surface area contributed by atoms with E-state index in [1.807, 2.05) is 0 Å². The van der Waals surface area contributed by atoms with Gasteiger partial charge < -0.3 is 20.0 Å². The van der Waals surface area contributed by atoms with E-state index in [9.17, 15) is 19.8 Å². The summed E-state index contributed by atoms with van der Waals surface area (Å²) >= 11 is 0. The molecule has 0 saturated carbocycles. The first kappa shape index (κ1) is 16.1. The Morgan fingerprint density at radius 2 is 1.52 bits per heavy atom. The van der Waals surface area contributed by atoms with Crippen LogP contribution in [0.3, 0.4) is 0 Å². The number of aliphatic hydroxyl groups is 1. The second-order valence-corrected chi connectivity index (χ2v) is 6.06. The number of carbonyl (C=O) groups excluding carboxylic acids is 1. The van der Waals surface area contributed by atoms with Crippen LogP contribution in [0.5, 0.6) is 0 Å². The van der Waals surface area contributed by atoms with E-state index in [-0.39, 0.29) is 18.7 Å². The average molecular weight is 298 g/mol. The van der Waals surface area contributed by atoms with E-state index in [4.69, 9.17) is 0 Å². The van der Waals surface area contributed by atoms with Crippen LogP contribution >= 0.6 is 0 Å². The van der Waals surface area contributed by atoms with Gasteiger partial charge in [0.15, 0.2) is 0 Å². The molecule has 2 N–H and O–H groups in total. The average Bonchev–Trinajstić information content (AvgIpc) is 2.86. The number of rotatable bonds is 2. The van der Waals surface area contributed by atoms with Gasteiger partial charge in [-0.1, -0.05) is 25.7 Å². The van der Waals surface area contributed by atoms with Crippen molar-refractivity contribution in [2.45, 2.75) is 63.5 Å². The van der Waals surface area contributed by atoms with Crippen LogP contribution < -0.4 is 0 Å². The molecule has 2 unspecified atom stereocenters. The minimum absolute atomic E-state index is 0.0443. The van der Waals surface area contributed by atoms with Gasteiger partial charge in [-0.25, -0.2) is 9.59 Å². The number of likely N-dealkylation sites (tertiary alicyclic amines) is 2. The largest absolute Gasteiger partial charge is 0.480 e. The Morgan fingerprint density at radius 3 is 2.14 bits per heavy atom. The molecule has 120 valence electrons. The fourth-order valence-corrected chi connectivity index (χ4v) is 3.38. The van der Waals surface area contributed by atoms with Crippen molar-refractivity contribution in [3.63, 3.8) is 0 Å². The number of urea groups is 1. The number of aliphatic hydroxyl groups excluding tert-OH is 1. The van der Waals surface area contributed by atoms with E-state index in [0.717, 1.165) is 44.9 Å². The minimum atomic E-state index is -0.916. The Balaban J connectivity index is 2.15. The van der Waals surface area contributed by atoms with Crippen molar-refractivity contribution in [2.75, 3.05) is 19.7 Å². The van der Waals surface area contributed by atoms with Crippen molar-refractivity contribution >= 4 is 12.0 Å². The molecule has 2 amide bonds. The Labute approximate surface area is 125 Å². The fraction of sp³-hybridized carbons (Fsp3) is 0.867. The molecule has 2 atom stereocenters. The number of hydrogen-bond donors (Lipinski definition) is 2. The minimum Gasteiger partial charge on any atom is -0.480 e. The van der Waals surface area contributed by atoms with Gasteiger partial charge >= 0.3 is 12.0 Å². The predicted octanol–water partition coefficient (Wildman–Crippen LogP) is 1.67. The lowest BCUT2D eigenvalue weighted by Crippen LogP contribution is -2.54. The van der Waals surface area contributed by atoms with Gasteiger partial charge in [-0.05, 0) is 25.7 Å². The Morgan fingerprint density at radius 1 is 0.905 bits per heavy atom. The highest BCUT2D eigenvalue weighted by Crippen LogP contribution is 2.23. The van der Waals surface area contributed by atoms with Crippen LogP contribution in [0.15, 0.2) is 0 Å². The molecule has 2 rings (SSSR count). The maximum absolute atomic E-state index is 12.8. The van der Waals surface area contributed by atoms with Gasteiger partial charge in [-0.3, -0.25) is 0 Å². The van der Waals surface area contributed by atoms with Crippen LogP contribution in [0.2, 0.25) is 0 Å². The van der Waals surface area contributed by atoms with Crippen molar-refractivity contribution in [3.8, 4) is 0 Å². The van der Waals surface area contributed by atoms with Crippen LogP contribution in [0.1, 0.15) is 51.4 Å². The molecule has 6 heteroatoms. The first-order valence-corrected chi connectivity index (χ1v) is 8.06. The lowest BCUT2D eigenvalue weighted by Gasteiger charge is -2.36. The number of amides is 2. The molecule has 0 aliphatic carbocycles. The lowest BCUT2D eigenvalue weighted by atomic mass is 10.1. The fourth-order valence-electron chi connectivity index (χ4n) is 3.38. The summed E-state index contributed by atoms with van der Waals surface area (Å²) < 4.78 is 0. The highest BCUT2D eigenvalue weighted by Gasteiger charge is 2.35. The normalized spacial score (nSPS) is 27.9. The van der Waals surface area contributed by atoms with E-state index in [1.165, 1.54) is 4.90 Å². The third-order valence-electron chi connectivity index (χ3n) is 4.62. The van der Waals surface area contributed by atoms with E-state index in [2.05, 4.69) is 0 Å². The van der Waals surface area contributed by atoms with Crippen LogP contribution in [0.25, 0.3) is 0 Å². The van der Waals surface area contributed by atoms with Gasteiger partial charge in [0, 0.05) is 13.1 Å². The zero-order valence-electron chi connectivity index (χ0n) is 12.5. The van der Waals surface area contributed by atoms with Crippen molar-refractivity contribution < 1.29 is 19.8 Å². The quantitative estimate of drug-likeness (QED) is 0.812. The molecule has 2 aliphatic heterocycles. The summed E-state index contributed by atoms with van der Waals surface area (Å²) in [6.45, 7) is 1.08. The molecule has 0 spiro atoms. The van der Waals surface area contributed by atoms with Crippen molar-refractivity contribution in [3.05, 3.63) is 0 Å². The summed E-state index contributed by atoms with van der Waals surface area (Å²) in [5, 5.41) is 18.9. The van der Waals surface area contributed by atoms with Crippen molar-refractivity contribution in [1.29, 1.82) is 0 Å². The predicted molar refractivity (Wildman–Crippen MR) is 78.0 cm³/mol. The Bertz CT molecular complexity index is 375. The van der Waals surface area contributed by atoms with E-state index in [1.54, 1.807) is 4.90 Å². The number of nitrogens with zero attached hydrogens (tertiary/aromatic N) is 2. The molecule has 0 radical (unpaired) electrons. The summed E-state index contributed by atoms with van der Waals surface area (Å²) in [7, 11) is 0. The second-order valence-electron chi connectivity index (χ2n) is 6.06. The molecule has 0 aromatic heterocycles. The van der Waals surface area contributed by atoms with E-state index < -0.39 is 12.0 Å². The first-order chi connectivity index (χ1) is 10.1. The third-order valence-corrected chi connectivity index (χ3v) is 4.62. The summed E-state index contributed by atoms with van der Waals surface area (Å²) in [5.74, 6) is -0.916. The third kappa shape index (κ3) is 3.87. The molecule has 0 bridgehead atoms. The first-order valence-electron chi connectivity index (χ1n) is 8.06. The smallest absolute Gasteiger partial charge is 0.326 e. The molecule has 2 fully saturated rings. The van der Waals surface area contributed by atoms with Crippen molar-refractivity contribution in [1.82, 2.24) is 9.80 Å². The number of aliphatic carboxylic acids is 1. The van der Waals surface area contributed by atoms with Gasteiger partial charge in [0.1, 0.15) is 6.04 Å². The number of carbonyl (C=O) groups is 2. The summed E-state index contributed by atoms with van der Waals surface area (Å²) in [5.41, 5.74) is 0. The maximum Gasteiger partial charge on any atom is 0.326 e. The van der Waals surface area contributed by atoms with Gasteiger partial charge in [-0.2, -0.15) is 0 Å². The van der Waals surface area contributed by atoms with Crippen LogP contribution in [0.4, 0.5) is 4.79 Å². The van der Waals surface area contributed by atoms with Crippen LogP contribution in [-0.2, 0) is 4.79 Å². The molecule has 0 aromatic rings. The standard InChI is InChI=1S/C15H26N2O4/c18-11-12-7-3-1-5-9-16(12)15(21)17-10-6-2-4-8-13(17)14(19)20/h12-13,18H,1-11H2,(H,19,20). The van der Waals surface area contributed by atoms with E-state index >= 15 is 0 Å². The van der Waals surface area contributed by atoms with Crippen LogP contribution in [0, 0.1) is 0 Å². The van der Waals surface area contributed by atoms with Crippen LogP contribution in [-0.4, -0.2) is 63.8 Å². The highest BCUT2D eigenvalue weighted by molar-refractivity contribution is 5.83. The second kappa shape index (κ2) is 7.64. The molecule has 2 aliphatic rings. The topological polar surface area (TPSA) is 81.1 Å². The molecular weight excluding hydrogens is 272 g/mol. The zero-order valence-corrected chi connectivity index (χ0v) is 12.5. The summed E-state index contributed by atoms with van der Waals surface area (Å²) in [6.07, 6.45) is 6.99. The molecule has 0 aromatic carbocycles. The van der Waals surface area contributed by atoms with Gasteiger partial charge in [0.25, 0.3) is 0 Å². The molecule has 6 nitrogen and oxygen atoms in total. The monoisotopic (exact) mass is 298 g/mol. The lowest BCUT2D eigenvalue weighted by molar-refractivity contribution is -0.142. The SMILES string of the molecule is O=C(O)C1CCCCCN1C(=O)N1CCCCCC1CO. The Hall–Kier alpha value is -1.30. The number of carboxylic acid groups (broad SMARTS) is 1. The molecule has 2 saturated heterocycles. The van der Waals surface area contributed by atoms with E-state index in [0.29, 0.717) is 19.5 Å². The summed E-state index contributed by atoms with van der Waals surface area (Å²) in [4.78, 5) is 27.5. The zero-order chi connectivity index (χ0) is 15.2. The van der Waals surface area contributed by atoms with Crippen molar-refractivity contribution in [2.24, 2.45) is 0 Å². The van der Waals surface area contributed by atoms with Gasteiger partial charge in [-0.15, -0.1) is 0 Å². The molecule has 2 heterocycles. The maximum atomic E-state index is 12.8. The number of hydrogen-bond acceptors (Lipinski definition) is 3. The molecular formula is C15H26N2O4. The van der Waals surface area contributed by atoms with Gasteiger partial charge in [0.2, 0.25) is 0 Å².